The summed E-state index contributed by atoms with van der Waals surface area (Å²) < 4.78 is 30.1. The van der Waals surface area contributed by atoms with Crippen LogP contribution in [0.3, 0.4) is 0 Å². The molecule has 1 N–H and O–H groups in total. The van der Waals surface area contributed by atoms with E-state index >= 15 is 0 Å². The van der Waals surface area contributed by atoms with Crippen LogP contribution in [0.4, 0.5) is 10.1 Å². The lowest BCUT2D eigenvalue weighted by Crippen LogP contribution is -2.35. The molecule has 32 heavy (non-hydrogen) atoms. The van der Waals surface area contributed by atoms with Gasteiger partial charge in [0.15, 0.2) is 0 Å². The van der Waals surface area contributed by atoms with Gasteiger partial charge in [-0.15, -0.1) is 0 Å². The molecule has 2 aromatic rings. The number of anilines is 1. The van der Waals surface area contributed by atoms with Crippen LogP contribution < -0.4 is 10.1 Å². The first-order valence-electron chi connectivity index (χ1n) is 10.4. The van der Waals surface area contributed by atoms with Gasteiger partial charge in [-0.2, -0.15) is 0 Å². The van der Waals surface area contributed by atoms with Crippen molar-refractivity contribution in [2.24, 2.45) is 0 Å². The SMILES string of the molecule is CCOC(=O)/C(=C\Nc1ccc(OC)cc1)C(=O)c1cc(CN2CCOCC2)ccc1F. The predicted octanol–water partition coefficient (Wildman–Crippen LogP) is 3.41. The van der Waals surface area contributed by atoms with Crippen molar-refractivity contribution < 1.29 is 28.2 Å². The highest BCUT2D eigenvalue weighted by Crippen LogP contribution is 2.20. The van der Waals surface area contributed by atoms with Crippen molar-refractivity contribution in [1.29, 1.82) is 0 Å². The smallest absolute Gasteiger partial charge is 0.343 e. The second-order valence-corrected chi connectivity index (χ2v) is 7.18. The Bertz CT molecular complexity index is 969. The molecule has 0 unspecified atom stereocenters. The van der Waals surface area contributed by atoms with Crippen molar-refractivity contribution in [3.63, 3.8) is 0 Å². The molecule has 1 aliphatic heterocycles. The summed E-state index contributed by atoms with van der Waals surface area (Å²) in [5, 5.41) is 2.90. The summed E-state index contributed by atoms with van der Waals surface area (Å²) in [4.78, 5) is 27.8. The van der Waals surface area contributed by atoms with Gasteiger partial charge < -0.3 is 19.5 Å². The number of halogens is 1. The van der Waals surface area contributed by atoms with Crippen LogP contribution in [0.15, 0.2) is 54.2 Å². The molecule has 2 aromatic carbocycles. The number of carbonyl (C=O) groups excluding carboxylic acids is 2. The topological polar surface area (TPSA) is 77.1 Å². The summed E-state index contributed by atoms with van der Waals surface area (Å²) in [5.74, 6) is -1.59. The second kappa shape index (κ2) is 11.4. The number of rotatable bonds is 9. The Morgan fingerprint density at radius 3 is 2.53 bits per heavy atom. The lowest BCUT2D eigenvalue weighted by atomic mass is 10.0. The van der Waals surface area contributed by atoms with Gasteiger partial charge in [-0.3, -0.25) is 9.69 Å². The first kappa shape index (κ1) is 23.4. The number of Topliss-reactive ketones (excluding diaryl/α,β-unsaturated/α-hetero) is 1. The van der Waals surface area contributed by atoms with Crippen LogP contribution in [0.2, 0.25) is 0 Å². The lowest BCUT2D eigenvalue weighted by Gasteiger charge is -2.26. The minimum atomic E-state index is -0.823. The van der Waals surface area contributed by atoms with Crippen LogP contribution in [0.25, 0.3) is 0 Å². The summed E-state index contributed by atoms with van der Waals surface area (Å²) in [5.41, 5.74) is 0.946. The molecule has 0 amide bonds. The fourth-order valence-electron chi connectivity index (χ4n) is 3.28. The maximum Gasteiger partial charge on any atom is 0.343 e. The number of hydrogen-bond donors (Lipinski definition) is 1. The molecular weight excluding hydrogens is 415 g/mol. The van der Waals surface area contributed by atoms with E-state index in [-0.39, 0.29) is 17.7 Å². The summed E-state index contributed by atoms with van der Waals surface area (Å²) in [6.45, 7) is 5.10. The molecule has 1 aliphatic rings. The third-order valence-electron chi connectivity index (χ3n) is 5.00. The highest BCUT2D eigenvalue weighted by molar-refractivity contribution is 6.24. The molecule has 7 nitrogen and oxygen atoms in total. The fraction of sp³-hybridized carbons (Fsp3) is 0.333. The average molecular weight is 442 g/mol. The number of nitrogens with zero attached hydrogens (tertiary/aromatic N) is 1. The number of nitrogens with one attached hydrogen (secondary N) is 1. The van der Waals surface area contributed by atoms with Crippen LogP contribution in [0, 0.1) is 5.82 Å². The second-order valence-electron chi connectivity index (χ2n) is 7.18. The maximum absolute atomic E-state index is 14.6. The Hall–Kier alpha value is -3.23. The van der Waals surface area contributed by atoms with E-state index in [9.17, 15) is 14.0 Å². The highest BCUT2D eigenvalue weighted by atomic mass is 19.1. The van der Waals surface area contributed by atoms with E-state index in [0.717, 1.165) is 18.7 Å². The summed E-state index contributed by atoms with van der Waals surface area (Å²) in [6.07, 6.45) is 1.25. The molecule has 170 valence electrons. The van der Waals surface area contributed by atoms with Gasteiger partial charge in [0.25, 0.3) is 0 Å². The van der Waals surface area contributed by atoms with E-state index in [1.165, 1.54) is 18.3 Å². The number of esters is 1. The molecule has 0 saturated carbocycles. The van der Waals surface area contributed by atoms with Gasteiger partial charge in [-0.25, -0.2) is 9.18 Å². The Morgan fingerprint density at radius 2 is 1.88 bits per heavy atom. The molecule has 8 heteroatoms. The van der Waals surface area contributed by atoms with E-state index in [1.54, 1.807) is 44.4 Å². The van der Waals surface area contributed by atoms with Crippen LogP contribution in [0.1, 0.15) is 22.8 Å². The molecule has 0 atom stereocenters. The zero-order chi connectivity index (χ0) is 22.9. The number of ether oxygens (including phenoxy) is 3. The molecule has 1 fully saturated rings. The van der Waals surface area contributed by atoms with Crippen molar-refractivity contribution in [1.82, 2.24) is 4.90 Å². The molecule has 0 bridgehead atoms. The minimum absolute atomic E-state index is 0.0888. The molecular formula is C24H27FN2O5. The lowest BCUT2D eigenvalue weighted by molar-refractivity contribution is -0.138. The van der Waals surface area contributed by atoms with Gasteiger partial charge in [-0.05, 0) is 48.9 Å². The minimum Gasteiger partial charge on any atom is -0.497 e. The Labute approximate surface area is 186 Å². The number of benzene rings is 2. The van der Waals surface area contributed by atoms with Gasteiger partial charge in [0.05, 0.1) is 32.5 Å². The van der Waals surface area contributed by atoms with E-state index < -0.39 is 17.6 Å². The van der Waals surface area contributed by atoms with Crippen LogP contribution >= 0.6 is 0 Å². The molecule has 0 spiro atoms. The number of hydrogen-bond acceptors (Lipinski definition) is 7. The van der Waals surface area contributed by atoms with Gasteiger partial charge in [0.2, 0.25) is 5.78 Å². The highest BCUT2D eigenvalue weighted by Gasteiger charge is 2.24. The van der Waals surface area contributed by atoms with E-state index in [2.05, 4.69) is 10.2 Å². The number of carbonyl (C=O) groups is 2. The largest absolute Gasteiger partial charge is 0.497 e. The van der Waals surface area contributed by atoms with E-state index in [1.807, 2.05) is 0 Å². The van der Waals surface area contributed by atoms with Gasteiger partial charge in [0.1, 0.15) is 17.1 Å². The molecule has 1 saturated heterocycles. The fourth-order valence-corrected chi connectivity index (χ4v) is 3.28. The third kappa shape index (κ3) is 6.15. The van der Waals surface area contributed by atoms with Crippen molar-refractivity contribution in [3.05, 3.63) is 71.2 Å². The Balaban J connectivity index is 1.84. The zero-order valence-electron chi connectivity index (χ0n) is 18.2. The van der Waals surface area contributed by atoms with E-state index in [0.29, 0.717) is 31.2 Å². The first-order valence-corrected chi connectivity index (χ1v) is 10.4. The van der Waals surface area contributed by atoms with E-state index in [4.69, 9.17) is 14.2 Å². The van der Waals surface area contributed by atoms with Crippen molar-refractivity contribution in [2.75, 3.05) is 45.3 Å². The molecule has 1 heterocycles. The zero-order valence-corrected chi connectivity index (χ0v) is 18.2. The standard InChI is InChI=1S/C24H27FN2O5/c1-3-32-24(29)21(15-26-18-5-7-19(30-2)8-6-18)23(28)20-14-17(4-9-22(20)25)16-27-10-12-31-13-11-27/h4-9,14-15,26H,3,10-13,16H2,1-2H3/b21-15-. The van der Waals surface area contributed by atoms with Crippen molar-refractivity contribution in [2.45, 2.75) is 13.5 Å². The quantitative estimate of drug-likeness (QED) is 0.210. The first-order chi connectivity index (χ1) is 15.5. The van der Waals surface area contributed by atoms with Crippen molar-refractivity contribution >= 4 is 17.4 Å². The Morgan fingerprint density at radius 1 is 1.16 bits per heavy atom. The molecule has 3 rings (SSSR count). The predicted molar refractivity (Wildman–Crippen MR) is 118 cm³/mol. The van der Waals surface area contributed by atoms with Gasteiger partial charge in [-0.1, -0.05) is 6.07 Å². The molecule has 0 aliphatic carbocycles. The normalized spacial score (nSPS) is 14.7. The van der Waals surface area contributed by atoms with Gasteiger partial charge >= 0.3 is 5.97 Å². The van der Waals surface area contributed by atoms with Crippen molar-refractivity contribution in [3.8, 4) is 5.75 Å². The Kier molecular flexibility index (Phi) is 8.35. The number of ketones is 1. The van der Waals surface area contributed by atoms with Crippen LogP contribution in [-0.2, 0) is 20.8 Å². The molecule has 0 aromatic heterocycles. The number of methoxy groups -OCH3 is 1. The summed E-state index contributed by atoms with van der Waals surface area (Å²) in [6, 6.07) is 11.3. The van der Waals surface area contributed by atoms with Gasteiger partial charge in [0, 0.05) is 31.5 Å². The summed E-state index contributed by atoms with van der Waals surface area (Å²) in [7, 11) is 1.56. The third-order valence-corrected chi connectivity index (χ3v) is 5.00. The maximum atomic E-state index is 14.6. The summed E-state index contributed by atoms with van der Waals surface area (Å²) >= 11 is 0. The molecule has 0 radical (unpaired) electrons. The van der Waals surface area contributed by atoms with Crippen LogP contribution in [-0.4, -0.2) is 56.7 Å². The van der Waals surface area contributed by atoms with Crippen LogP contribution in [0.5, 0.6) is 5.75 Å². The average Bonchev–Trinajstić information content (AvgIpc) is 2.81. The number of morpholine rings is 1. The monoisotopic (exact) mass is 442 g/mol.